The number of nitrogens with zero attached hydrogens (tertiary/aromatic N) is 3. The van der Waals surface area contributed by atoms with Gasteiger partial charge in [0.25, 0.3) is 5.56 Å². The molecule has 0 radical (unpaired) electrons. The highest BCUT2D eigenvalue weighted by Gasteiger charge is 2.07. The number of nitrogens with one attached hydrogen (secondary N) is 1. The van der Waals surface area contributed by atoms with Gasteiger partial charge < -0.3 is 4.98 Å². The molecule has 0 saturated carbocycles. The summed E-state index contributed by atoms with van der Waals surface area (Å²) in [6, 6.07) is 0. The van der Waals surface area contributed by atoms with Crippen molar-refractivity contribution in [2.75, 3.05) is 0 Å². The summed E-state index contributed by atoms with van der Waals surface area (Å²) >= 11 is 0. The van der Waals surface area contributed by atoms with Crippen LogP contribution in [0.15, 0.2) is 11.0 Å². The molecule has 5 heteroatoms. The van der Waals surface area contributed by atoms with E-state index in [0.29, 0.717) is 11.0 Å². The average Bonchev–Trinajstić information content (AvgIpc) is 2.58. The molecule has 2 heterocycles. The van der Waals surface area contributed by atoms with E-state index in [0.717, 1.165) is 25.1 Å². The predicted octanol–water partition coefficient (Wildman–Crippen LogP) is 0.999. The van der Waals surface area contributed by atoms with Gasteiger partial charge in [-0.15, -0.1) is 0 Å². The van der Waals surface area contributed by atoms with Gasteiger partial charge in [0.15, 0.2) is 5.65 Å². The molecule has 2 rings (SSSR count). The lowest BCUT2D eigenvalue weighted by Crippen LogP contribution is -2.12. The fourth-order valence-electron chi connectivity index (χ4n) is 1.54. The topological polar surface area (TPSA) is 63.6 Å². The van der Waals surface area contributed by atoms with Gasteiger partial charge >= 0.3 is 0 Å². The fraction of sp³-hybridized carbons (Fsp3) is 0.500. The van der Waals surface area contributed by atoms with Crippen molar-refractivity contribution in [2.45, 2.75) is 26.2 Å². The van der Waals surface area contributed by atoms with Gasteiger partial charge in [-0.25, -0.2) is 4.98 Å². The third-order valence-electron chi connectivity index (χ3n) is 2.42. The van der Waals surface area contributed by atoms with Crippen molar-refractivity contribution in [3.05, 3.63) is 22.4 Å². The first-order chi connectivity index (χ1) is 7.22. The van der Waals surface area contributed by atoms with Gasteiger partial charge in [0.1, 0.15) is 11.2 Å². The second-order valence-electron chi connectivity index (χ2n) is 3.62. The maximum Gasteiger partial charge on any atom is 0.262 e. The number of H-pyrrole nitrogens is 1. The average molecular weight is 206 g/mol. The normalized spacial score (nSPS) is 11.1. The number of hydrogen-bond acceptors (Lipinski definition) is 3. The van der Waals surface area contributed by atoms with E-state index in [1.54, 1.807) is 17.9 Å². The molecule has 1 N–H and O–H groups in total. The van der Waals surface area contributed by atoms with Crippen molar-refractivity contribution < 1.29 is 0 Å². The van der Waals surface area contributed by atoms with Crippen LogP contribution in [0.3, 0.4) is 0 Å². The van der Waals surface area contributed by atoms with Gasteiger partial charge in [0.2, 0.25) is 0 Å². The molecule has 5 nitrogen and oxygen atoms in total. The number of aromatic nitrogens is 4. The maximum atomic E-state index is 11.6. The molecule has 2 aromatic rings. The van der Waals surface area contributed by atoms with E-state index in [-0.39, 0.29) is 5.56 Å². The van der Waals surface area contributed by atoms with Gasteiger partial charge in [0, 0.05) is 13.5 Å². The molecular weight excluding hydrogens is 192 g/mol. The van der Waals surface area contributed by atoms with Crippen LogP contribution in [0.4, 0.5) is 0 Å². The van der Waals surface area contributed by atoms with E-state index in [1.165, 1.54) is 0 Å². The fourth-order valence-corrected chi connectivity index (χ4v) is 1.54. The highest BCUT2D eigenvalue weighted by molar-refractivity contribution is 5.72. The van der Waals surface area contributed by atoms with Crippen molar-refractivity contribution in [2.24, 2.45) is 7.05 Å². The molecule has 0 amide bonds. The lowest BCUT2D eigenvalue weighted by Gasteiger charge is -1.99. The Morgan fingerprint density at radius 1 is 1.53 bits per heavy atom. The van der Waals surface area contributed by atoms with Crippen LogP contribution >= 0.6 is 0 Å². The molecule has 0 saturated heterocycles. The minimum atomic E-state index is -0.0980. The Balaban J connectivity index is 2.50. The minimum absolute atomic E-state index is 0.0980. The van der Waals surface area contributed by atoms with Crippen molar-refractivity contribution in [1.29, 1.82) is 0 Å². The summed E-state index contributed by atoms with van der Waals surface area (Å²) in [5.74, 6) is 0.748. The zero-order valence-corrected chi connectivity index (χ0v) is 8.95. The Bertz CT molecular complexity index is 526. The lowest BCUT2D eigenvalue weighted by molar-refractivity contribution is 0.740. The molecule has 80 valence electrons. The van der Waals surface area contributed by atoms with Crippen LogP contribution in [-0.2, 0) is 13.5 Å². The van der Waals surface area contributed by atoms with E-state index >= 15 is 0 Å². The van der Waals surface area contributed by atoms with Crippen LogP contribution < -0.4 is 5.56 Å². The van der Waals surface area contributed by atoms with E-state index < -0.39 is 0 Å². The zero-order valence-electron chi connectivity index (χ0n) is 8.95. The van der Waals surface area contributed by atoms with Gasteiger partial charge in [-0.3, -0.25) is 9.48 Å². The number of unbranched alkanes of at least 4 members (excludes halogenated alkanes) is 1. The van der Waals surface area contributed by atoms with Crippen molar-refractivity contribution in [1.82, 2.24) is 19.7 Å². The Morgan fingerprint density at radius 3 is 3.07 bits per heavy atom. The van der Waals surface area contributed by atoms with Crippen molar-refractivity contribution in [3.8, 4) is 0 Å². The Hall–Kier alpha value is -1.65. The number of fused-ring (bicyclic) bond motifs is 1. The first-order valence-electron chi connectivity index (χ1n) is 5.13. The number of aryl methyl sites for hydroxylation is 2. The van der Waals surface area contributed by atoms with Crippen LogP contribution in [-0.4, -0.2) is 19.7 Å². The third kappa shape index (κ3) is 1.77. The molecule has 0 fully saturated rings. The van der Waals surface area contributed by atoms with Crippen LogP contribution in [0, 0.1) is 0 Å². The lowest BCUT2D eigenvalue weighted by atomic mass is 10.2. The molecule has 0 bridgehead atoms. The first-order valence-corrected chi connectivity index (χ1v) is 5.13. The molecule has 0 aliphatic heterocycles. The quantitative estimate of drug-likeness (QED) is 0.814. The summed E-state index contributed by atoms with van der Waals surface area (Å²) < 4.78 is 1.63. The zero-order chi connectivity index (χ0) is 10.8. The molecule has 0 spiro atoms. The smallest absolute Gasteiger partial charge is 0.262 e. The summed E-state index contributed by atoms with van der Waals surface area (Å²) in [4.78, 5) is 18.8. The highest BCUT2D eigenvalue weighted by Crippen LogP contribution is 2.05. The minimum Gasteiger partial charge on any atom is -0.310 e. The summed E-state index contributed by atoms with van der Waals surface area (Å²) in [7, 11) is 1.79. The Labute approximate surface area is 87.1 Å². The van der Waals surface area contributed by atoms with Gasteiger partial charge in [-0.2, -0.15) is 5.10 Å². The largest absolute Gasteiger partial charge is 0.310 e. The van der Waals surface area contributed by atoms with Crippen LogP contribution in [0.1, 0.15) is 25.6 Å². The van der Waals surface area contributed by atoms with E-state index in [2.05, 4.69) is 22.0 Å². The molecule has 0 aliphatic rings. The number of aromatic amines is 1. The maximum absolute atomic E-state index is 11.6. The predicted molar refractivity (Wildman–Crippen MR) is 57.7 cm³/mol. The van der Waals surface area contributed by atoms with Gasteiger partial charge in [0.05, 0.1) is 6.20 Å². The highest BCUT2D eigenvalue weighted by atomic mass is 16.1. The monoisotopic (exact) mass is 206 g/mol. The first kappa shape index (κ1) is 9.89. The van der Waals surface area contributed by atoms with Crippen LogP contribution in [0.2, 0.25) is 0 Å². The molecule has 0 unspecified atom stereocenters. The molecule has 15 heavy (non-hydrogen) atoms. The summed E-state index contributed by atoms with van der Waals surface area (Å²) in [6.45, 7) is 2.11. The van der Waals surface area contributed by atoms with E-state index in [9.17, 15) is 4.79 Å². The molecule has 0 atom stereocenters. The Kier molecular flexibility index (Phi) is 2.53. The SMILES string of the molecule is CCCCc1nc2c(cnn2C)c(=O)[nH]1. The van der Waals surface area contributed by atoms with Crippen LogP contribution in [0.5, 0.6) is 0 Å². The second-order valence-corrected chi connectivity index (χ2v) is 3.62. The standard InChI is InChI=1S/C10H14N4O/c1-3-4-5-8-12-9-7(10(15)13-8)6-11-14(9)2/h6H,3-5H2,1-2H3,(H,12,13,15). The summed E-state index contributed by atoms with van der Waals surface area (Å²) in [6.07, 6.45) is 4.48. The number of rotatable bonds is 3. The summed E-state index contributed by atoms with van der Waals surface area (Å²) in [5.41, 5.74) is 0.559. The van der Waals surface area contributed by atoms with Gasteiger partial charge in [-0.1, -0.05) is 13.3 Å². The van der Waals surface area contributed by atoms with Crippen molar-refractivity contribution in [3.63, 3.8) is 0 Å². The Morgan fingerprint density at radius 2 is 2.33 bits per heavy atom. The van der Waals surface area contributed by atoms with Crippen molar-refractivity contribution >= 4 is 11.0 Å². The van der Waals surface area contributed by atoms with E-state index in [4.69, 9.17) is 0 Å². The number of hydrogen-bond donors (Lipinski definition) is 1. The molecule has 2 aromatic heterocycles. The van der Waals surface area contributed by atoms with Crippen LogP contribution in [0.25, 0.3) is 11.0 Å². The van der Waals surface area contributed by atoms with E-state index in [1.807, 2.05) is 0 Å². The van der Waals surface area contributed by atoms with Gasteiger partial charge in [-0.05, 0) is 6.42 Å². The second kappa shape index (κ2) is 3.84. The molecule has 0 aliphatic carbocycles. The summed E-state index contributed by atoms with van der Waals surface area (Å²) in [5, 5.41) is 4.57. The molecule has 0 aromatic carbocycles. The third-order valence-corrected chi connectivity index (χ3v) is 2.42. The molecular formula is C10H14N4O.